The summed E-state index contributed by atoms with van der Waals surface area (Å²) >= 11 is 0. The zero-order valence-electron chi connectivity index (χ0n) is 5.65. The van der Waals surface area contributed by atoms with Crippen LogP contribution >= 0.6 is 0 Å². The zero-order chi connectivity index (χ0) is 6.69. The third kappa shape index (κ3) is 1.33. The van der Waals surface area contributed by atoms with E-state index in [0.717, 1.165) is 12.2 Å². The highest BCUT2D eigenvalue weighted by atomic mass is 14.9. The van der Waals surface area contributed by atoms with Gasteiger partial charge in [0.25, 0.3) is 0 Å². The molecule has 0 aromatic heterocycles. The first-order valence-corrected chi connectivity index (χ1v) is 3.15. The normalized spacial score (nSPS) is 18.0. The molecule has 0 amide bonds. The topological polar surface area (TPSA) is 38.0 Å². The standard InChI is InChI=1S/C7H12N2/c1-6-3-2-4-9-7(6)5-8/h2-3,9H,4-5,8H2,1H3. The molecule has 3 N–H and O–H groups in total. The molecule has 0 bridgehead atoms. The van der Waals surface area contributed by atoms with E-state index in [4.69, 9.17) is 5.73 Å². The largest absolute Gasteiger partial charge is 0.384 e. The first-order chi connectivity index (χ1) is 4.34. The molecule has 2 heteroatoms. The zero-order valence-corrected chi connectivity index (χ0v) is 5.65. The Morgan fingerprint density at radius 2 is 2.56 bits per heavy atom. The molecule has 0 fully saturated rings. The Morgan fingerprint density at radius 1 is 1.78 bits per heavy atom. The monoisotopic (exact) mass is 124 g/mol. The molecule has 1 rings (SSSR count). The number of rotatable bonds is 1. The third-order valence-electron chi connectivity index (χ3n) is 1.48. The summed E-state index contributed by atoms with van der Waals surface area (Å²) in [5.41, 5.74) is 7.86. The summed E-state index contributed by atoms with van der Waals surface area (Å²) < 4.78 is 0. The summed E-state index contributed by atoms with van der Waals surface area (Å²) in [4.78, 5) is 0. The molecule has 1 heterocycles. The van der Waals surface area contributed by atoms with Gasteiger partial charge in [0, 0.05) is 18.8 Å². The van der Waals surface area contributed by atoms with Crippen molar-refractivity contribution in [2.24, 2.45) is 5.73 Å². The third-order valence-corrected chi connectivity index (χ3v) is 1.48. The fourth-order valence-electron chi connectivity index (χ4n) is 0.891. The average molecular weight is 124 g/mol. The summed E-state index contributed by atoms with van der Waals surface area (Å²) in [7, 11) is 0. The minimum Gasteiger partial charge on any atom is -0.384 e. The van der Waals surface area contributed by atoms with Gasteiger partial charge in [0.15, 0.2) is 0 Å². The van der Waals surface area contributed by atoms with Crippen molar-refractivity contribution in [1.82, 2.24) is 5.32 Å². The summed E-state index contributed by atoms with van der Waals surface area (Å²) in [6.07, 6.45) is 4.19. The van der Waals surface area contributed by atoms with E-state index in [2.05, 4.69) is 24.4 Å². The molecule has 0 radical (unpaired) electrons. The van der Waals surface area contributed by atoms with Gasteiger partial charge in [-0.1, -0.05) is 12.2 Å². The minimum absolute atomic E-state index is 0.621. The Morgan fingerprint density at radius 3 is 3.00 bits per heavy atom. The van der Waals surface area contributed by atoms with Crippen LogP contribution in [0.15, 0.2) is 23.4 Å². The average Bonchev–Trinajstić information content (AvgIpc) is 1.89. The lowest BCUT2D eigenvalue weighted by atomic mass is 10.1. The molecule has 9 heavy (non-hydrogen) atoms. The molecular formula is C7H12N2. The van der Waals surface area contributed by atoms with E-state index in [0.29, 0.717) is 6.54 Å². The van der Waals surface area contributed by atoms with Crippen LogP contribution in [-0.2, 0) is 0 Å². The summed E-state index contributed by atoms with van der Waals surface area (Å²) in [5.74, 6) is 0. The van der Waals surface area contributed by atoms with Crippen molar-refractivity contribution in [3.05, 3.63) is 23.4 Å². The Balaban J connectivity index is 2.72. The van der Waals surface area contributed by atoms with Crippen LogP contribution in [0.4, 0.5) is 0 Å². The second-order valence-corrected chi connectivity index (χ2v) is 2.15. The predicted molar refractivity (Wildman–Crippen MR) is 38.9 cm³/mol. The van der Waals surface area contributed by atoms with E-state index >= 15 is 0 Å². The van der Waals surface area contributed by atoms with E-state index in [9.17, 15) is 0 Å². The Bertz CT molecular complexity index is 156. The highest BCUT2D eigenvalue weighted by Gasteiger charge is 1.98. The molecule has 0 spiro atoms. The van der Waals surface area contributed by atoms with Crippen molar-refractivity contribution in [2.45, 2.75) is 6.92 Å². The predicted octanol–water partition coefficient (Wildman–Crippen LogP) is 0.379. The number of nitrogens with two attached hydrogens (primary N) is 1. The number of nitrogens with one attached hydrogen (secondary N) is 1. The highest BCUT2D eigenvalue weighted by Crippen LogP contribution is 2.04. The Hall–Kier alpha value is -0.760. The fourth-order valence-corrected chi connectivity index (χ4v) is 0.891. The first kappa shape index (κ1) is 6.36. The van der Waals surface area contributed by atoms with Crippen LogP contribution in [0.2, 0.25) is 0 Å². The maximum Gasteiger partial charge on any atom is 0.0331 e. The molecule has 1 aliphatic heterocycles. The molecule has 0 aromatic rings. The van der Waals surface area contributed by atoms with E-state index in [1.54, 1.807) is 0 Å². The van der Waals surface area contributed by atoms with Gasteiger partial charge < -0.3 is 11.1 Å². The van der Waals surface area contributed by atoms with Gasteiger partial charge in [-0.05, 0) is 12.5 Å². The summed E-state index contributed by atoms with van der Waals surface area (Å²) in [5, 5.41) is 3.19. The van der Waals surface area contributed by atoms with Gasteiger partial charge in [-0.25, -0.2) is 0 Å². The van der Waals surface area contributed by atoms with Gasteiger partial charge in [0.05, 0.1) is 0 Å². The Labute approximate surface area is 55.4 Å². The second kappa shape index (κ2) is 2.69. The first-order valence-electron chi connectivity index (χ1n) is 3.15. The van der Waals surface area contributed by atoms with Gasteiger partial charge >= 0.3 is 0 Å². The number of allylic oxidation sites excluding steroid dienone is 2. The van der Waals surface area contributed by atoms with Gasteiger partial charge in [0.1, 0.15) is 0 Å². The van der Waals surface area contributed by atoms with E-state index in [1.807, 2.05) is 0 Å². The molecule has 0 saturated carbocycles. The fraction of sp³-hybridized carbons (Fsp3) is 0.429. The van der Waals surface area contributed by atoms with E-state index < -0.39 is 0 Å². The molecule has 0 atom stereocenters. The van der Waals surface area contributed by atoms with Crippen LogP contribution in [0.1, 0.15) is 6.92 Å². The molecular weight excluding hydrogens is 112 g/mol. The smallest absolute Gasteiger partial charge is 0.0331 e. The van der Waals surface area contributed by atoms with Crippen molar-refractivity contribution < 1.29 is 0 Å². The van der Waals surface area contributed by atoms with Gasteiger partial charge in [-0.3, -0.25) is 0 Å². The van der Waals surface area contributed by atoms with Crippen LogP contribution in [0.25, 0.3) is 0 Å². The minimum atomic E-state index is 0.621. The van der Waals surface area contributed by atoms with Gasteiger partial charge in [-0.15, -0.1) is 0 Å². The molecule has 2 nitrogen and oxygen atoms in total. The van der Waals surface area contributed by atoms with Gasteiger partial charge in [0.2, 0.25) is 0 Å². The second-order valence-electron chi connectivity index (χ2n) is 2.15. The molecule has 0 aliphatic carbocycles. The SMILES string of the molecule is CC1=C(CN)NCC=C1. The molecule has 0 aromatic carbocycles. The summed E-state index contributed by atoms with van der Waals surface area (Å²) in [6, 6.07) is 0. The quantitative estimate of drug-likeness (QED) is 0.530. The molecule has 0 saturated heterocycles. The number of hydrogen-bond donors (Lipinski definition) is 2. The maximum atomic E-state index is 5.44. The summed E-state index contributed by atoms with van der Waals surface area (Å²) in [6.45, 7) is 3.60. The number of hydrogen-bond acceptors (Lipinski definition) is 2. The van der Waals surface area contributed by atoms with Crippen LogP contribution < -0.4 is 11.1 Å². The lowest BCUT2D eigenvalue weighted by Gasteiger charge is -2.12. The highest BCUT2D eigenvalue weighted by molar-refractivity contribution is 5.27. The van der Waals surface area contributed by atoms with Crippen LogP contribution in [0.5, 0.6) is 0 Å². The molecule has 1 aliphatic rings. The van der Waals surface area contributed by atoms with Gasteiger partial charge in [-0.2, -0.15) is 0 Å². The van der Waals surface area contributed by atoms with Crippen LogP contribution in [-0.4, -0.2) is 13.1 Å². The van der Waals surface area contributed by atoms with E-state index in [-0.39, 0.29) is 0 Å². The lowest BCUT2D eigenvalue weighted by Crippen LogP contribution is -2.23. The number of dihydropyridines is 1. The van der Waals surface area contributed by atoms with Crippen molar-refractivity contribution in [2.75, 3.05) is 13.1 Å². The maximum absolute atomic E-state index is 5.44. The van der Waals surface area contributed by atoms with E-state index in [1.165, 1.54) is 5.57 Å². The molecule has 0 unspecified atom stereocenters. The molecule has 50 valence electrons. The lowest BCUT2D eigenvalue weighted by molar-refractivity contribution is 0.834. The van der Waals surface area contributed by atoms with Crippen molar-refractivity contribution in [3.8, 4) is 0 Å². The van der Waals surface area contributed by atoms with Crippen LogP contribution in [0.3, 0.4) is 0 Å². The Kier molecular flexibility index (Phi) is 1.90. The van der Waals surface area contributed by atoms with Crippen molar-refractivity contribution in [1.29, 1.82) is 0 Å². The van der Waals surface area contributed by atoms with Crippen molar-refractivity contribution >= 4 is 0 Å². The van der Waals surface area contributed by atoms with Crippen LogP contribution in [0, 0.1) is 0 Å². The van der Waals surface area contributed by atoms with Crippen molar-refractivity contribution in [3.63, 3.8) is 0 Å².